The Morgan fingerprint density at radius 1 is 1.50 bits per heavy atom. The summed E-state index contributed by atoms with van der Waals surface area (Å²) in [7, 11) is 1.84. The number of amides is 1. The van der Waals surface area contributed by atoms with Gasteiger partial charge in [0, 0.05) is 22.6 Å². The fraction of sp³-hybridized carbons (Fsp3) is 0.167. The number of hydrogen-bond acceptors (Lipinski definition) is 3. The smallest absolute Gasteiger partial charge is 0.252 e. The number of benzene rings is 1. The van der Waals surface area contributed by atoms with Crippen molar-refractivity contribution < 1.29 is 4.79 Å². The first kappa shape index (κ1) is 13.2. The summed E-state index contributed by atoms with van der Waals surface area (Å²) in [5, 5.41) is 6.89. The van der Waals surface area contributed by atoms with Gasteiger partial charge in [0.05, 0.1) is 17.8 Å². The van der Waals surface area contributed by atoms with E-state index in [4.69, 9.17) is 0 Å². The molecule has 6 heteroatoms. The van der Waals surface area contributed by atoms with Crippen LogP contribution in [0.3, 0.4) is 0 Å². The second-order valence-electron chi connectivity index (χ2n) is 3.79. The molecule has 0 radical (unpaired) electrons. The predicted molar refractivity (Wildman–Crippen MR) is 75.8 cm³/mol. The zero-order valence-corrected chi connectivity index (χ0v) is 12.2. The summed E-state index contributed by atoms with van der Waals surface area (Å²) in [6.07, 6.45) is 1.70. The largest absolute Gasteiger partial charge is 0.346 e. The van der Waals surface area contributed by atoms with Crippen LogP contribution in [0.5, 0.6) is 0 Å². The third-order valence-electron chi connectivity index (χ3n) is 2.55. The Labute approximate surface area is 119 Å². The van der Waals surface area contributed by atoms with Crippen molar-refractivity contribution in [3.05, 3.63) is 46.2 Å². The quantitative estimate of drug-likeness (QED) is 0.851. The number of carbonyl (C=O) groups excluding carboxylic acids is 1. The number of hydrogen-bond donors (Lipinski definition) is 2. The standard InChI is InChI=1S/C12H12BrN3OS/c1-16-8(4-5-15-16)7-14-12(17)10-6-9(18)2-3-11(10)13/h2-6,18H,7H2,1H3,(H,14,17). The molecule has 4 nitrogen and oxygen atoms in total. The minimum Gasteiger partial charge on any atom is -0.346 e. The minimum absolute atomic E-state index is 0.140. The molecule has 2 rings (SSSR count). The monoisotopic (exact) mass is 325 g/mol. The van der Waals surface area contributed by atoms with Crippen molar-refractivity contribution in [2.75, 3.05) is 0 Å². The van der Waals surface area contributed by atoms with Gasteiger partial charge >= 0.3 is 0 Å². The Morgan fingerprint density at radius 3 is 2.94 bits per heavy atom. The van der Waals surface area contributed by atoms with E-state index >= 15 is 0 Å². The van der Waals surface area contributed by atoms with Crippen molar-refractivity contribution in [3.8, 4) is 0 Å². The highest BCUT2D eigenvalue weighted by molar-refractivity contribution is 9.10. The number of nitrogens with zero attached hydrogens (tertiary/aromatic N) is 2. The highest BCUT2D eigenvalue weighted by Crippen LogP contribution is 2.20. The number of aryl methyl sites for hydroxylation is 1. The number of aromatic nitrogens is 2. The van der Waals surface area contributed by atoms with Crippen LogP contribution in [0.2, 0.25) is 0 Å². The first-order chi connectivity index (χ1) is 8.58. The lowest BCUT2D eigenvalue weighted by Crippen LogP contribution is -2.24. The van der Waals surface area contributed by atoms with Gasteiger partial charge in [-0.1, -0.05) is 0 Å². The summed E-state index contributed by atoms with van der Waals surface area (Å²) in [6, 6.07) is 7.22. The van der Waals surface area contributed by atoms with E-state index in [0.717, 1.165) is 15.1 Å². The summed E-state index contributed by atoms with van der Waals surface area (Å²) in [5.74, 6) is -0.140. The molecule has 0 saturated carbocycles. The van der Waals surface area contributed by atoms with Crippen LogP contribution < -0.4 is 5.32 Å². The summed E-state index contributed by atoms with van der Waals surface area (Å²) in [4.78, 5) is 12.8. The molecule has 94 valence electrons. The molecule has 0 aliphatic rings. The molecule has 1 aromatic carbocycles. The van der Waals surface area contributed by atoms with E-state index < -0.39 is 0 Å². The van der Waals surface area contributed by atoms with Crippen molar-refractivity contribution in [2.45, 2.75) is 11.4 Å². The van der Waals surface area contributed by atoms with Crippen molar-refractivity contribution in [1.29, 1.82) is 0 Å². The molecule has 1 aromatic heterocycles. The Kier molecular flexibility index (Phi) is 4.08. The van der Waals surface area contributed by atoms with Crippen molar-refractivity contribution in [3.63, 3.8) is 0 Å². The average Bonchev–Trinajstić information content (AvgIpc) is 2.75. The average molecular weight is 326 g/mol. The second-order valence-corrected chi connectivity index (χ2v) is 5.16. The highest BCUT2D eigenvalue weighted by atomic mass is 79.9. The Balaban J connectivity index is 2.08. The Hall–Kier alpha value is -1.27. The van der Waals surface area contributed by atoms with Gasteiger partial charge in [0.25, 0.3) is 5.91 Å². The molecule has 0 unspecified atom stereocenters. The number of rotatable bonds is 3. The van der Waals surface area contributed by atoms with Crippen molar-refractivity contribution in [2.24, 2.45) is 7.05 Å². The van der Waals surface area contributed by atoms with Crippen LogP contribution in [-0.2, 0) is 13.6 Å². The maximum atomic E-state index is 12.0. The van der Waals surface area contributed by atoms with E-state index in [2.05, 4.69) is 39.0 Å². The molecule has 1 amide bonds. The topological polar surface area (TPSA) is 46.9 Å². The first-order valence-electron chi connectivity index (χ1n) is 5.31. The van der Waals surface area contributed by atoms with Gasteiger partial charge in [-0.05, 0) is 40.2 Å². The fourth-order valence-electron chi connectivity index (χ4n) is 1.53. The van der Waals surface area contributed by atoms with E-state index in [9.17, 15) is 4.79 Å². The van der Waals surface area contributed by atoms with E-state index in [1.807, 2.05) is 19.2 Å². The summed E-state index contributed by atoms with van der Waals surface area (Å²) >= 11 is 7.58. The Bertz CT molecular complexity index is 582. The van der Waals surface area contributed by atoms with Crippen LogP contribution in [0.25, 0.3) is 0 Å². The summed E-state index contributed by atoms with van der Waals surface area (Å²) in [6.45, 7) is 0.443. The fourth-order valence-corrected chi connectivity index (χ4v) is 2.16. The zero-order valence-electron chi connectivity index (χ0n) is 9.72. The summed E-state index contributed by atoms with van der Waals surface area (Å²) < 4.78 is 2.48. The van der Waals surface area contributed by atoms with Gasteiger partial charge in [0.2, 0.25) is 0 Å². The lowest BCUT2D eigenvalue weighted by Gasteiger charge is -2.07. The van der Waals surface area contributed by atoms with E-state index in [-0.39, 0.29) is 5.91 Å². The summed E-state index contributed by atoms with van der Waals surface area (Å²) in [5.41, 5.74) is 1.52. The van der Waals surface area contributed by atoms with Gasteiger partial charge in [0.1, 0.15) is 0 Å². The van der Waals surface area contributed by atoms with Crippen LogP contribution in [-0.4, -0.2) is 15.7 Å². The minimum atomic E-state index is -0.140. The third-order valence-corrected chi connectivity index (χ3v) is 3.52. The maximum absolute atomic E-state index is 12.0. The molecule has 18 heavy (non-hydrogen) atoms. The molecular weight excluding hydrogens is 314 g/mol. The van der Waals surface area contributed by atoms with Gasteiger partial charge < -0.3 is 5.32 Å². The number of thiol groups is 1. The van der Waals surface area contributed by atoms with Gasteiger partial charge in [-0.2, -0.15) is 5.10 Å². The molecule has 0 atom stereocenters. The lowest BCUT2D eigenvalue weighted by atomic mass is 10.2. The van der Waals surface area contributed by atoms with Gasteiger partial charge in [0.15, 0.2) is 0 Å². The SMILES string of the molecule is Cn1nccc1CNC(=O)c1cc(S)ccc1Br. The van der Waals surface area contributed by atoms with Gasteiger partial charge in [-0.15, -0.1) is 12.6 Å². The maximum Gasteiger partial charge on any atom is 0.252 e. The van der Waals surface area contributed by atoms with Crippen molar-refractivity contribution in [1.82, 2.24) is 15.1 Å². The molecular formula is C12H12BrN3OS. The number of nitrogens with one attached hydrogen (secondary N) is 1. The number of carbonyl (C=O) groups is 1. The molecule has 0 spiro atoms. The number of halogens is 1. The van der Waals surface area contributed by atoms with Crippen LogP contribution >= 0.6 is 28.6 Å². The Morgan fingerprint density at radius 2 is 2.28 bits per heavy atom. The van der Waals surface area contributed by atoms with Crippen LogP contribution in [0, 0.1) is 0 Å². The van der Waals surface area contributed by atoms with Crippen LogP contribution in [0.15, 0.2) is 39.8 Å². The van der Waals surface area contributed by atoms with E-state index in [1.54, 1.807) is 23.0 Å². The van der Waals surface area contributed by atoms with E-state index in [1.165, 1.54) is 0 Å². The molecule has 0 saturated heterocycles. The predicted octanol–water partition coefficient (Wildman–Crippen LogP) is 2.40. The first-order valence-corrected chi connectivity index (χ1v) is 6.55. The van der Waals surface area contributed by atoms with Gasteiger partial charge in [-0.25, -0.2) is 0 Å². The van der Waals surface area contributed by atoms with Gasteiger partial charge in [-0.3, -0.25) is 9.48 Å². The molecule has 1 heterocycles. The van der Waals surface area contributed by atoms with E-state index in [0.29, 0.717) is 12.1 Å². The van der Waals surface area contributed by atoms with Crippen molar-refractivity contribution >= 4 is 34.5 Å². The third kappa shape index (κ3) is 2.94. The molecule has 0 fully saturated rings. The normalized spacial score (nSPS) is 10.4. The van der Waals surface area contributed by atoms with Crippen LogP contribution in [0.4, 0.5) is 0 Å². The van der Waals surface area contributed by atoms with Crippen LogP contribution in [0.1, 0.15) is 16.1 Å². The zero-order chi connectivity index (χ0) is 13.1. The highest BCUT2D eigenvalue weighted by Gasteiger charge is 2.10. The molecule has 0 aliphatic heterocycles. The molecule has 2 aromatic rings. The molecule has 0 bridgehead atoms. The molecule has 0 aliphatic carbocycles. The second kappa shape index (κ2) is 5.58. The molecule has 1 N–H and O–H groups in total. The lowest BCUT2D eigenvalue weighted by molar-refractivity contribution is 0.0949.